The Morgan fingerprint density at radius 3 is 2.43 bits per heavy atom. The summed E-state index contributed by atoms with van der Waals surface area (Å²) < 4.78 is 6.98. The van der Waals surface area contributed by atoms with Gasteiger partial charge in [-0.25, -0.2) is 14.5 Å². The van der Waals surface area contributed by atoms with E-state index in [9.17, 15) is 29.1 Å². The van der Waals surface area contributed by atoms with Crippen LogP contribution in [0.1, 0.15) is 44.0 Å². The Balaban J connectivity index is 0.000000738. The number of methoxy groups -OCH3 is 1. The Bertz CT molecular complexity index is 1630. The number of aliphatic carboxylic acids is 1. The summed E-state index contributed by atoms with van der Waals surface area (Å²) in [5.74, 6) is -2.83. The monoisotopic (exact) mass is 696 g/mol. The highest BCUT2D eigenvalue weighted by Gasteiger charge is 2.62. The summed E-state index contributed by atoms with van der Waals surface area (Å²) in [7, 11) is 2.46. The zero-order valence-corrected chi connectivity index (χ0v) is 28.1. The number of nitrogens with one attached hydrogen (secondary N) is 1. The van der Waals surface area contributed by atoms with E-state index < -0.39 is 52.5 Å². The van der Waals surface area contributed by atoms with E-state index >= 15 is 0 Å². The van der Waals surface area contributed by atoms with Crippen LogP contribution in [0.15, 0.2) is 27.2 Å². The number of nitrogen functional groups attached to an aromatic ring is 1. The van der Waals surface area contributed by atoms with Gasteiger partial charge in [0.2, 0.25) is 17.5 Å². The number of carbonyl (C=O) groups is 5. The van der Waals surface area contributed by atoms with Crippen molar-refractivity contribution in [1.82, 2.24) is 25.1 Å². The van der Waals surface area contributed by atoms with Gasteiger partial charge in [-0.2, -0.15) is 9.56 Å². The van der Waals surface area contributed by atoms with Crippen molar-refractivity contribution in [3.05, 3.63) is 28.4 Å². The number of carboxylic acids is 1. The highest BCUT2D eigenvalue weighted by Crippen LogP contribution is 2.41. The third kappa shape index (κ3) is 7.91. The molecule has 0 aromatic carbocycles. The van der Waals surface area contributed by atoms with Crippen LogP contribution in [0, 0.1) is 5.41 Å². The fourth-order valence-corrected chi connectivity index (χ4v) is 6.94. The zero-order chi connectivity index (χ0) is 34.5. The number of allylic oxidation sites excluding steroid dienone is 1. The van der Waals surface area contributed by atoms with Gasteiger partial charge in [0, 0.05) is 11.9 Å². The van der Waals surface area contributed by atoms with E-state index in [4.69, 9.17) is 15.7 Å². The Labute approximate surface area is 275 Å². The first-order valence-corrected chi connectivity index (χ1v) is 16.1. The smallest absolute Gasteiger partial charge is 0.377 e. The molecular weight excluding hydrogens is 665 g/mol. The van der Waals surface area contributed by atoms with Gasteiger partial charge in [0.25, 0.3) is 11.7 Å². The van der Waals surface area contributed by atoms with Crippen LogP contribution >= 0.6 is 34.9 Å². The van der Waals surface area contributed by atoms with E-state index in [2.05, 4.69) is 36.9 Å². The number of ketones is 1. The lowest BCUT2D eigenvalue weighted by Gasteiger charge is -2.42. The maximum absolute atomic E-state index is 13.1. The number of aryl methyl sites for hydroxylation is 1. The Morgan fingerprint density at radius 2 is 1.93 bits per heavy atom. The quantitative estimate of drug-likeness (QED) is 0.105. The zero-order valence-electron chi connectivity index (χ0n) is 25.6. The van der Waals surface area contributed by atoms with E-state index in [0.717, 1.165) is 27.7 Å². The van der Waals surface area contributed by atoms with E-state index in [1.165, 1.54) is 36.0 Å². The van der Waals surface area contributed by atoms with Crippen molar-refractivity contribution in [3.63, 3.8) is 0 Å². The van der Waals surface area contributed by atoms with Crippen LogP contribution in [0.3, 0.4) is 0 Å². The van der Waals surface area contributed by atoms with Crippen molar-refractivity contribution in [2.45, 2.75) is 56.7 Å². The van der Waals surface area contributed by atoms with Gasteiger partial charge in [-0.15, -0.1) is 28.2 Å². The van der Waals surface area contributed by atoms with Gasteiger partial charge >= 0.3 is 18.0 Å². The lowest BCUT2D eigenvalue weighted by molar-refractivity contribution is -0.539. The summed E-state index contributed by atoms with van der Waals surface area (Å²) in [4.78, 5) is 73.3. The van der Waals surface area contributed by atoms with Crippen molar-refractivity contribution >= 4 is 81.1 Å². The predicted octanol–water partition coefficient (Wildman–Crippen LogP) is 0.245. The number of esters is 1. The topological polar surface area (TPSA) is 244 Å². The van der Waals surface area contributed by atoms with Crippen LogP contribution in [0.5, 0.6) is 0 Å². The number of nitrogens with two attached hydrogens (primary N) is 1. The number of Topliss-reactive ketones (excluding diaryl/α,β-unsaturated/α-hetero) is 1. The molecule has 248 valence electrons. The minimum atomic E-state index is -1.59. The standard InChI is InChI=1S/C21H22N8O7S3.C5H10O2/c1-5-28-20(25-16(26-28)18(32)35-3)38-7-10-8(2)39-15-12(14(30)13(15)29(10)21(33)34)24-17(31)11(27-36-4)9-6-37-19(22)23-9;1-5(2,3)4(6)7/h6,12-13,15H,2,5,7H2,1,3-4H3,(H3-,22,23,24,31,33,34);1-3H3,(H,6,7)/b27-11-;/t12-,13?,15-;/m1./s1. The van der Waals surface area contributed by atoms with Gasteiger partial charge < -0.3 is 35.6 Å². The Morgan fingerprint density at radius 1 is 1.28 bits per heavy atom. The molecule has 20 heteroatoms. The van der Waals surface area contributed by atoms with Crippen molar-refractivity contribution < 1.29 is 48.3 Å². The molecule has 0 spiro atoms. The predicted molar refractivity (Wildman–Crippen MR) is 167 cm³/mol. The molecule has 1 unspecified atom stereocenters. The lowest BCUT2D eigenvalue weighted by Crippen LogP contribution is -2.73. The van der Waals surface area contributed by atoms with Crippen molar-refractivity contribution in [2.24, 2.45) is 10.6 Å². The molecule has 0 radical (unpaired) electrons. The van der Waals surface area contributed by atoms with Crippen LogP contribution in [0.25, 0.3) is 0 Å². The Hall–Kier alpha value is -4.30. The minimum Gasteiger partial charge on any atom is -0.490 e. The van der Waals surface area contributed by atoms with Crippen LogP contribution in [-0.4, -0.2) is 108 Å². The van der Waals surface area contributed by atoms with E-state index in [1.54, 1.807) is 27.7 Å². The van der Waals surface area contributed by atoms with Gasteiger partial charge in [0.05, 0.1) is 23.2 Å². The molecule has 4 N–H and O–H groups in total. The molecule has 1 fully saturated rings. The fraction of sp³-hybridized carbons (Fsp3) is 0.462. The van der Waals surface area contributed by atoms with E-state index in [1.807, 2.05) is 0 Å². The Kier molecular flexibility index (Phi) is 11.7. The van der Waals surface area contributed by atoms with Gasteiger partial charge in [-0.1, -0.05) is 23.5 Å². The van der Waals surface area contributed by atoms with Crippen LogP contribution in [-0.2, 0) is 30.5 Å². The summed E-state index contributed by atoms with van der Waals surface area (Å²) in [5.41, 5.74) is 5.27. The van der Waals surface area contributed by atoms with Gasteiger partial charge in [0.1, 0.15) is 24.1 Å². The number of hydrogen-bond acceptors (Lipinski definition) is 16. The normalized spacial score (nSPS) is 19.3. The molecule has 2 aromatic heterocycles. The number of aromatic nitrogens is 4. The van der Waals surface area contributed by atoms with Crippen LogP contribution in [0.4, 0.5) is 9.93 Å². The number of anilines is 1. The van der Waals surface area contributed by atoms with Crippen LogP contribution in [0.2, 0.25) is 0 Å². The molecule has 2 amide bonds. The summed E-state index contributed by atoms with van der Waals surface area (Å²) in [6.45, 7) is 11.2. The minimum absolute atomic E-state index is 0.0442. The number of thiazole rings is 1. The largest absolute Gasteiger partial charge is 0.490 e. The third-order valence-electron chi connectivity index (χ3n) is 6.34. The number of fused-ring (bicyclic) bond motifs is 1. The van der Waals surface area contributed by atoms with Crippen molar-refractivity contribution in [2.75, 3.05) is 25.7 Å². The molecule has 0 saturated heterocycles. The molecule has 0 bridgehead atoms. The second-order valence-corrected chi connectivity index (χ2v) is 13.6. The summed E-state index contributed by atoms with van der Waals surface area (Å²) in [6.07, 6.45) is -1.59. The van der Waals surface area contributed by atoms with E-state index in [0.29, 0.717) is 16.6 Å². The van der Waals surface area contributed by atoms with Gasteiger partial charge in [-0.3, -0.25) is 14.4 Å². The fourth-order valence-electron chi connectivity index (χ4n) is 3.89. The van der Waals surface area contributed by atoms with Crippen LogP contribution < -0.4 is 16.2 Å². The average Bonchev–Trinajstić information content (AvgIpc) is 3.62. The number of thioether (sulfide) groups is 2. The molecule has 17 nitrogen and oxygen atoms in total. The molecule has 3 atom stereocenters. The van der Waals surface area contributed by atoms with Gasteiger partial charge in [-0.05, 0) is 27.7 Å². The molecule has 1 aliphatic carbocycles. The SMILES string of the molecule is C=C1S[C@H]2C(C(=O)[C@H]2NC(=O)/C(=N\OC)c2csc(N)n2)[N+](C(=O)[O-])=C1CSc1nc(C(=O)OC)nn1CC.CC(C)(C)C(=O)O. The lowest BCUT2D eigenvalue weighted by atomic mass is 9.83. The highest BCUT2D eigenvalue weighted by atomic mass is 32.2. The molecule has 1 saturated carbocycles. The number of ether oxygens (including phenoxy) is 1. The number of carboxylic acid groups (broad SMARTS) is 2. The first-order valence-electron chi connectivity index (χ1n) is 13.3. The number of carbonyl (C=O) groups excluding carboxylic acids is 4. The molecule has 3 heterocycles. The summed E-state index contributed by atoms with van der Waals surface area (Å²) >= 11 is 3.38. The molecule has 46 heavy (non-hydrogen) atoms. The molecule has 1 aliphatic heterocycles. The molecule has 2 aliphatic rings. The first kappa shape index (κ1) is 36.2. The maximum Gasteiger partial charge on any atom is 0.377 e. The number of amides is 2. The number of oxime groups is 1. The number of rotatable bonds is 9. The van der Waals surface area contributed by atoms with Crippen molar-refractivity contribution in [1.29, 1.82) is 0 Å². The molecule has 4 rings (SSSR count). The highest BCUT2D eigenvalue weighted by molar-refractivity contribution is 8.05. The van der Waals surface area contributed by atoms with Crippen molar-refractivity contribution in [3.8, 4) is 0 Å². The second-order valence-electron chi connectivity index (χ2n) is 10.4. The molecule has 2 aromatic rings. The number of nitrogens with zero attached hydrogens (tertiary/aromatic N) is 6. The third-order valence-corrected chi connectivity index (χ3v) is 9.31. The van der Waals surface area contributed by atoms with E-state index in [-0.39, 0.29) is 33.8 Å². The second kappa shape index (κ2) is 14.9. The average molecular weight is 697 g/mol. The number of hydrogen-bond donors (Lipinski definition) is 3. The molecular formula is C26H32N8O9S3. The van der Waals surface area contributed by atoms with Gasteiger partial charge in [0.15, 0.2) is 16.0 Å². The maximum atomic E-state index is 13.1. The first-order chi connectivity index (χ1) is 21.5. The summed E-state index contributed by atoms with van der Waals surface area (Å²) in [5, 5.41) is 32.2. The summed E-state index contributed by atoms with van der Waals surface area (Å²) in [6, 6.07) is -2.12.